The van der Waals surface area contributed by atoms with Crippen LogP contribution >= 0.6 is 0 Å². The van der Waals surface area contributed by atoms with Crippen molar-refractivity contribution in [3.05, 3.63) is 102 Å². The first-order valence-electron chi connectivity index (χ1n) is 16.4. The van der Waals surface area contributed by atoms with Crippen LogP contribution in [0.5, 0.6) is 17.2 Å². The van der Waals surface area contributed by atoms with Crippen LogP contribution in [0.15, 0.2) is 84.9 Å². The number of ether oxygens (including phenoxy) is 3. The second-order valence-electron chi connectivity index (χ2n) is 13.2. The number of carbonyl (C=O) groups is 3. The fourth-order valence-electron chi connectivity index (χ4n) is 5.94. The Hall–Kier alpha value is -5.13. The highest BCUT2D eigenvalue weighted by molar-refractivity contribution is 5.93. The standard InChI is InChI=1S/C39H47N3O8/c1-39(2,3)36(42-33(43)21-26-17-12-16-25-15-10-11-18-28(25)26)37(45)41-29(19-24-13-8-7-9-14-24)35(44)34(38(46)47)40-23-27-20-31(49-5)32(50-6)22-30(27)48-4/h7-18,20,22,29,34-36,40,44H,19,21,23H2,1-6H3,(H,41,45)(H,42,43)(H,46,47)/t29-,34+,35+,36?/m0/s1. The van der Waals surface area contributed by atoms with E-state index in [4.69, 9.17) is 14.2 Å². The number of hydrogen-bond acceptors (Lipinski definition) is 8. The van der Waals surface area contributed by atoms with Crippen LogP contribution in [0.25, 0.3) is 10.8 Å². The van der Waals surface area contributed by atoms with Gasteiger partial charge in [0.1, 0.15) is 23.9 Å². The average Bonchev–Trinajstić information content (AvgIpc) is 3.09. The lowest BCUT2D eigenvalue weighted by Gasteiger charge is -2.34. The molecule has 5 N–H and O–H groups in total. The van der Waals surface area contributed by atoms with E-state index in [-0.39, 0.29) is 25.3 Å². The van der Waals surface area contributed by atoms with Crippen LogP contribution in [0.2, 0.25) is 0 Å². The SMILES string of the molecule is COc1cc(OC)c(OC)cc1CN[C@@H](C(=O)O)[C@H](O)[C@H](Cc1ccccc1)NC(=O)C(NC(=O)Cc1cccc2ccccc12)C(C)(C)C. The number of benzene rings is 4. The maximum Gasteiger partial charge on any atom is 0.323 e. The zero-order valence-electron chi connectivity index (χ0n) is 29.4. The molecule has 0 fully saturated rings. The van der Waals surface area contributed by atoms with Crippen molar-refractivity contribution >= 4 is 28.6 Å². The second-order valence-corrected chi connectivity index (χ2v) is 13.2. The number of hydrogen-bond donors (Lipinski definition) is 5. The van der Waals surface area contributed by atoms with Crippen LogP contribution in [-0.4, -0.2) is 73.6 Å². The summed E-state index contributed by atoms with van der Waals surface area (Å²) in [5.74, 6) is -0.927. The van der Waals surface area contributed by atoms with Gasteiger partial charge in [-0.2, -0.15) is 0 Å². The molecule has 11 nitrogen and oxygen atoms in total. The highest BCUT2D eigenvalue weighted by Crippen LogP contribution is 2.34. The van der Waals surface area contributed by atoms with Gasteiger partial charge in [-0.3, -0.25) is 19.7 Å². The lowest BCUT2D eigenvalue weighted by Crippen LogP contribution is -2.61. The van der Waals surface area contributed by atoms with Crippen LogP contribution in [0, 0.1) is 5.41 Å². The van der Waals surface area contributed by atoms with Gasteiger partial charge in [0, 0.05) is 18.2 Å². The Balaban J connectivity index is 1.57. The van der Waals surface area contributed by atoms with Crippen molar-refractivity contribution in [1.82, 2.24) is 16.0 Å². The molecule has 266 valence electrons. The topological polar surface area (TPSA) is 155 Å². The Morgan fingerprint density at radius 2 is 1.38 bits per heavy atom. The number of carboxylic acids is 1. The lowest BCUT2D eigenvalue weighted by molar-refractivity contribution is -0.144. The Morgan fingerprint density at radius 1 is 0.760 bits per heavy atom. The number of aliphatic hydroxyl groups excluding tert-OH is 1. The Labute approximate surface area is 292 Å². The molecule has 0 spiro atoms. The van der Waals surface area contributed by atoms with Crippen molar-refractivity contribution in [2.75, 3.05) is 21.3 Å². The van der Waals surface area contributed by atoms with Crippen molar-refractivity contribution in [3.8, 4) is 17.2 Å². The molecule has 4 aromatic rings. The smallest absolute Gasteiger partial charge is 0.323 e. The molecule has 4 aromatic carbocycles. The summed E-state index contributed by atoms with van der Waals surface area (Å²) in [6.45, 7) is 5.47. The van der Waals surface area contributed by atoms with Gasteiger partial charge in [-0.25, -0.2) is 0 Å². The predicted molar refractivity (Wildman–Crippen MR) is 191 cm³/mol. The first-order valence-corrected chi connectivity index (χ1v) is 16.4. The molecule has 11 heteroatoms. The number of aliphatic hydroxyl groups is 1. The molecule has 0 radical (unpaired) electrons. The van der Waals surface area contributed by atoms with Gasteiger partial charge < -0.3 is 35.1 Å². The van der Waals surface area contributed by atoms with Gasteiger partial charge >= 0.3 is 5.97 Å². The molecule has 0 saturated heterocycles. The zero-order chi connectivity index (χ0) is 36.4. The molecule has 4 atom stereocenters. The van der Waals surface area contributed by atoms with Gasteiger partial charge in [0.15, 0.2) is 11.5 Å². The number of carbonyl (C=O) groups excluding carboxylic acids is 2. The minimum Gasteiger partial charge on any atom is -0.496 e. The van der Waals surface area contributed by atoms with Crippen LogP contribution in [0.1, 0.15) is 37.5 Å². The van der Waals surface area contributed by atoms with E-state index in [1.165, 1.54) is 21.3 Å². The van der Waals surface area contributed by atoms with E-state index in [1.54, 1.807) is 12.1 Å². The molecule has 0 aromatic heterocycles. The molecule has 0 saturated carbocycles. The molecule has 1 unspecified atom stereocenters. The van der Waals surface area contributed by atoms with Gasteiger partial charge in [0.05, 0.1) is 33.8 Å². The third-order valence-corrected chi connectivity index (χ3v) is 8.61. The third kappa shape index (κ3) is 9.52. The van der Waals surface area contributed by atoms with E-state index in [9.17, 15) is 24.6 Å². The number of nitrogens with one attached hydrogen (secondary N) is 3. The molecule has 0 aliphatic rings. The first kappa shape index (κ1) is 37.7. The monoisotopic (exact) mass is 685 g/mol. The maximum atomic E-state index is 14.0. The average molecular weight is 686 g/mol. The first-order chi connectivity index (χ1) is 23.9. The molecule has 2 amide bonds. The molecule has 0 heterocycles. The number of aliphatic carboxylic acids is 1. The predicted octanol–water partition coefficient (Wildman–Crippen LogP) is 4.27. The summed E-state index contributed by atoms with van der Waals surface area (Å²) >= 11 is 0. The van der Waals surface area contributed by atoms with Crippen molar-refractivity contribution in [2.45, 2.75) is 64.4 Å². The molecular weight excluding hydrogens is 638 g/mol. The number of carboxylic acid groups (broad SMARTS) is 1. The van der Waals surface area contributed by atoms with Crippen molar-refractivity contribution in [1.29, 1.82) is 0 Å². The Morgan fingerprint density at radius 3 is 2.02 bits per heavy atom. The van der Waals surface area contributed by atoms with Crippen molar-refractivity contribution < 1.29 is 38.8 Å². The van der Waals surface area contributed by atoms with Gasteiger partial charge in [0.2, 0.25) is 11.8 Å². The second kappa shape index (κ2) is 17.0. The number of methoxy groups -OCH3 is 3. The van der Waals surface area contributed by atoms with Gasteiger partial charge in [0.25, 0.3) is 0 Å². The summed E-state index contributed by atoms with van der Waals surface area (Å²) in [7, 11) is 4.46. The number of rotatable bonds is 16. The molecule has 0 bridgehead atoms. The number of fused-ring (bicyclic) bond motifs is 1. The lowest BCUT2D eigenvalue weighted by atomic mass is 9.85. The van der Waals surface area contributed by atoms with Gasteiger partial charge in [-0.1, -0.05) is 93.6 Å². The highest BCUT2D eigenvalue weighted by atomic mass is 16.5. The van der Waals surface area contributed by atoms with E-state index in [1.807, 2.05) is 93.6 Å². The minimum atomic E-state index is -1.59. The van der Waals surface area contributed by atoms with Crippen molar-refractivity contribution in [2.24, 2.45) is 5.41 Å². The van der Waals surface area contributed by atoms with E-state index < -0.39 is 41.5 Å². The van der Waals surface area contributed by atoms with E-state index in [0.717, 1.165) is 21.9 Å². The van der Waals surface area contributed by atoms with Crippen LogP contribution in [0.4, 0.5) is 0 Å². The van der Waals surface area contributed by atoms with Gasteiger partial charge in [-0.15, -0.1) is 0 Å². The van der Waals surface area contributed by atoms with Gasteiger partial charge in [-0.05, 0) is 39.8 Å². The van der Waals surface area contributed by atoms with Crippen molar-refractivity contribution in [3.63, 3.8) is 0 Å². The summed E-state index contributed by atoms with van der Waals surface area (Å²) < 4.78 is 16.2. The quantitative estimate of drug-likeness (QED) is 0.116. The van der Waals surface area contributed by atoms with E-state index in [2.05, 4.69) is 16.0 Å². The molecule has 0 aliphatic carbocycles. The fraction of sp³-hybridized carbons (Fsp3) is 0.359. The summed E-state index contributed by atoms with van der Waals surface area (Å²) in [5, 5.41) is 32.6. The van der Waals surface area contributed by atoms with E-state index >= 15 is 0 Å². The minimum absolute atomic E-state index is 0.0155. The van der Waals surface area contributed by atoms with Crippen LogP contribution in [-0.2, 0) is 33.8 Å². The molecule has 50 heavy (non-hydrogen) atoms. The largest absolute Gasteiger partial charge is 0.496 e. The molecular formula is C39H47N3O8. The summed E-state index contributed by atoms with van der Waals surface area (Å²) in [6, 6.07) is 22.4. The third-order valence-electron chi connectivity index (χ3n) is 8.61. The molecule has 0 aliphatic heterocycles. The summed E-state index contributed by atoms with van der Waals surface area (Å²) in [4.78, 5) is 40.1. The Kier molecular flexibility index (Phi) is 12.8. The number of amides is 2. The summed E-state index contributed by atoms with van der Waals surface area (Å²) in [5.41, 5.74) is 1.44. The Bertz CT molecular complexity index is 1770. The maximum absolute atomic E-state index is 14.0. The summed E-state index contributed by atoms with van der Waals surface area (Å²) in [6.07, 6.45) is -1.41. The van der Waals surface area contributed by atoms with E-state index in [0.29, 0.717) is 22.8 Å². The van der Waals surface area contributed by atoms with Crippen LogP contribution in [0.3, 0.4) is 0 Å². The normalized spacial score (nSPS) is 13.8. The fourth-order valence-corrected chi connectivity index (χ4v) is 5.94. The zero-order valence-corrected chi connectivity index (χ0v) is 29.4. The van der Waals surface area contributed by atoms with Crippen LogP contribution < -0.4 is 30.2 Å². The highest BCUT2D eigenvalue weighted by Gasteiger charge is 2.38. The molecule has 4 rings (SSSR count).